The first-order valence-corrected chi connectivity index (χ1v) is 10.2. The maximum atomic E-state index is 10.2. The van der Waals surface area contributed by atoms with Gasteiger partial charge < -0.3 is 15.9 Å². The first-order chi connectivity index (χ1) is 12.1. The molecule has 1 saturated carbocycles. The van der Waals surface area contributed by atoms with Crippen molar-refractivity contribution in [2.24, 2.45) is 11.1 Å². The lowest BCUT2D eigenvalue weighted by Crippen LogP contribution is -2.33. The van der Waals surface area contributed by atoms with E-state index in [2.05, 4.69) is 13.8 Å². The molecular formula is C22H46N2O2. The van der Waals surface area contributed by atoms with Gasteiger partial charge in [-0.25, -0.2) is 0 Å². The summed E-state index contributed by atoms with van der Waals surface area (Å²) in [5, 5.41) is 7.39. The molecule has 3 N–H and O–H groups in total. The average Bonchev–Trinajstić information content (AvgIpc) is 2.55. The fourth-order valence-corrected chi connectivity index (χ4v) is 2.45. The largest absolute Gasteiger partial charge is 0.460 e. The molecule has 1 rings (SSSR count). The molecule has 1 aliphatic carbocycles. The Morgan fingerprint density at radius 3 is 1.85 bits per heavy atom. The van der Waals surface area contributed by atoms with Gasteiger partial charge in [-0.05, 0) is 52.0 Å². The van der Waals surface area contributed by atoms with E-state index in [-0.39, 0.29) is 17.0 Å². The van der Waals surface area contributed by atoms with Crippen LogP contribution in [0.5, 0.6) is 0 Å². The van der Waals surface area contributed by atoms with Gasteiger partial charge in [0.05, 0.1) is 0 Å². The van der Waals surface area contributed by atoms with Gasteiger partial charge in [-0.2, -0.15) is 0 Å². The minimum absolute atomic E-state index is 0.209. The van der Waals surface area contributed by atoms with E-state index < -0.39 is 0 Å². The van der Waals surface area contributed by atoms with Crippen molar-refractivity contribution < 1.29 is 9.53 Å². The SMILES string of the molecule is CC.CC.CC(=O)OC(C)(C)C.CCCC/C(C=N)=C(/N)C1(C)CCC1. The van der Waals surface area contributed by atoms with E-state index >= 15 is 0 Å². The Balaban J connectivity index is -0.000000377. The first-order valence-electron chi connectivity index (χ1n) is 10.2. The Kier molecular flexibility index (Phi) is 18.0. The molecule has 1 aliphatic rings. The van der Waals surface area contributed by atoms with Crippen LogP contribution in [0.1, 0.15) is 108 Å². The monoisotopic (exact) mass is 370 g/mol. The predicted octanol–water partition coefficient (Wildman–Crippen LogP) is 6.63. The van der Waals surface area contributed by atoms with E-state index in [1.807, 2.05) is 48.5 Å². The highest BCUT2D eigenvalue weighted by atomic mass is 16.6. The second-order valence-electron chi connectivity index (χ2n) is 7.31. The van der Waals surface area contributed by atoms with Gasteiger partial charge in [0.15, 0.2) is 0 Å². The van der Waals surface area contributed by atoms with E-state index in [9.17, 15) is 4.79 Å². The van der Waals surface area contributed by atoms with Crippen LogP contribution in [0.2, 0.25) is 0 Å². The van der Waals surface area contributed by atoms with Crippen LogP contribution in [0, 0.1) is 10.8 Å². The molecule has 0 aromatic carbocycles. The number of hydrogen-bond donors (Lipinski definition) is 2. The second-order valence-corrected chi connectivity index (χ2v) is 7.31. The number of unbranched alkanes of at least 4 members (excludes halogenated alkanes) is 1. The molecule has 0 aromatic rings. The lowest BCUT2D eigenvalue weighted by molar-refractivity contribution is -0.151. The maximum Gasteiger partial charge on any atom is 0.303 e. The minimum Gasteiger partial charge on any atom is -0.460 e. The van der Waals surface area contributed by atoms with Crippen molar-refractivity contribution in [1.29, 1.82) is 5.41 Å². The van der Waals surface area contributed by atoms with Crippen molar-refractivity contribution in [3.8, 4) is 0 Å². The summed E-state index contributed by atoms with van der Waals surface area (Å²) in [4.78, 5) is 10.2. The number of rotatable bonds is 5. The minimum atomic E-state index is -0.328. The number of allylic oxidation sites excluding steroid dienone is 2. The van der Waals surface area contributed by atoms with Crippen LogP contribution in [-0.2, 0) is 9.53 Å². The third-order valence-electron chi connectivity index (χ3n) is 3.88. The Bertz CT molecular complexity index is 403. The molecule has 0 spiro atoms. The number of esters is 1. The van der Waals surface area contributed by atoms with E-state index in [0.717, 1.165) is 24.1 Å². The van der Waals surface area contributed by atoms with Gasteiger partial charge in [0.1, 0.15) is 5.60 Å². The summed E-state index contributed by atoms with van der Waals surface area (Å²) in [6.07, 6.45) is 8.42. The van der Waals surface area contributed by atoms with Gasteiger partial charge in [-0.3, -0.25) is 4.79 Å². The molecule has 4 nitrogen and oxygen atoms in total. The van der Waals surface area contributed by atoms with Gasteiger partial charge in [-0.1, -0.05) is 54.4 Å². The van der Waals surface area contributed by atoms with Crippen molar-refractivity contribution in [1.82, 2.24) is 0 Å². The molecule has 0 aromatic heterocycles. The normalized spacial score (nSPS) is 15.2. The fourth-order valence-electron chi connectivity index (χ4n) is 2.45. The smallest absolute Gasteiger partial charge is 0.303 e. The van der Waals surface area contributed by atoms with Crippen LogP contribution in [-0.4, -0.2) is 17.8 Å². The predicted molar refractivity (Wildman–Crippen MR) is 116 cm³/mol. The molecule has 0 saturated heterocycles. The standard InChI is InChI=1S/C12H22N2.C6H12O2.2C2H6/c1-3-4-6-10(9-13)11(14)12(2)7-5-8-12;1-5(7)8-6(2,3)4;2*1-2/h9,13H,3-8,14H2,1-2H3;1-4H3;2*1-2H3/b11-10-,13-9?;;;. The number of nitrogens with two attached hydrogens (primary N) is 1. The Hall–Kier alpha value is -1.32. The van der Waals surface area contributed by atoms with Crippen LogP contribution in [0.3, 0.4) is 0 Å². The number of ether oxygens (including phenoxy) is 1. The summed E-state index contributed by atoms with van der Waals surface area (Å²) in [6, 6.07) is 0. The summed E-state index contributed by atoms with van der Waals surface area (Å²) >= 11 is 0. The summed E-state index contributed by atoms with van der Waals surface area (Å²) in [6.45, 7) is 19.3. The zero-order valence-electron chi connectivity index (χ0n) is 19.2. The molecule has 0 aliphatic heterocycles. The highest BCUT2D eigenvalue weighted by Crippen LogP contribution is 2.45. The molecule has 0 unspecified atom stereocenters. The molecular weight excluding hydrogens is 324 g/mol. The van der Waals surface area contributed by atoms with Crippen molar-refractivity contribution in [3.63, 3.8) is 0 Å². The highest BCUT2D eigenvalue weighted by Gasteiger charge is 2.35. The summed E-state index contributed by atoms with van der Waals surface area (Å²) in [5.74, 6) is -0.225. The van der Waals surface area contributed by atoms with Gasteiger partial charge >= 0.3 is 5.97 Å². The van der Waals surface area contributed by atoms with E-state index in [1.165, 1.54) is 38.8 Å². The molecule has 0 amide bonds. The molecule has 0 bridgehead atoms. The van der Waals surface area contributed by atoms with E-state index in [1.54, 1.807) is 0 Å². The number of carbonyl (C=O) groups excluding carboxylic acids is 1. The topological polar surface area (TPSA) is 76.2 Å². The van der Waals surface area contributed by atoms with Gasteiger partial charge in [0.25, 0.3) is 0 Å². The highest BCUT2D eigenvalue weighted by molar-refractivity contribution is 5.77. The van der Waals surface area contributed by atoms with Crippen LogP contribution in [0.25, 0.3) is 0 Å². The van der Waals surface area contributed by atoms with Crippen LogP contribution < -0.4 is 5.73 Å². The molecule has 1 fully saturated rings. The lowest BCUT2D eigenvalue weighted by Gasteiger charge is -2.39. The maximum absolute atomic E-state index is 10.2. The molecule has 4 heteroatoms. The molecule has 0 radical (unpaired) electrons. The Morgan fingerprint density at radius 2 is 1.65 bits per heavy atom. The van der Waals surface area contributed by atoms with Crippen molar-refractivity contribution in [2.45, 2.75) is 113 Å². The van der Waals surface area contributed by atoms with Gasteiger partial charge in [0.2, 0.25) is 0 Å². The molecule has 0 atom stereocenters. The van der Waals surface area contributed by atoms with E-state index in [0.29, 0.717) is 0 Å². The Morgan fingerprint density at radius 1 is 1.19 bits per heavy atom. The summed E-state index contributed by atoms with van der Waals surface area (Å²) < 4.78 is 4.80. The van der Waals surface area contributed by atoms with Crippen molar-refractivity contribution >= 4 is 12.2 Å². The number of carbonyl (C=O) groups is 1. The Labute approximate surface area is 163 Å². The van der Waals surface area contributed by atoms with Crippen LogP contribution in [0.4, 0.5) is 0 Å². The average molecular weight is 371 g/mol. The third kappa shape index (κ3) is 13.9. The van der Waals surface area contributed by atoms with Crippen LogP contribution in [0.15, 0.2) is 11.3 Å². The van der Waals surface area contributed by atoms with Crippen molar-refractivity contribution in [3.05, 3.63) is 11.3 Å². The van der Waals surface area contributed by atoms with Crippen molar-refractivity contribution in [2.75, 3.05) is 0 Å². The first kappa shape index (κ1) is 29.4. The molecule has 156 valence electrons. The number of hydrogen-bond acceptors (Lipinski definition) is 4. The lowest BCUT2D eigenvalue weighted by atomic mass is 9.67. The zero-order valence-corrected chi connectivity index (χ0v) is 19.2. The number of nitrogens with one attached hydrogen (secondary N) is 1. The second kappa shape index (κ2) is 15.9. The third-order valence-corrected chi connectivity index (χ3v) is 3.88. The zero-order chi connectivity index (χ0) is 21.4. The van der Waals surface area contributed by atoms with E-state index in [4.69, 9.17) is 15.9 Å². The fraction of sp³-hybridized carbons (Fsp3) is 0.818. The quantitative estimate of drug-likeness (QED) is 0.421. The van der Waals surface area contributed by atoms with Gasteiger partial charge in [-0.15, -0.1) is 0 Å². The van der Waals surface area contributed by atoms with Gasteiger partial charge in [0, 0.05) is 24.3 Å². The van der Waals surface area contributed by atoms with Crippen LogP contribution >= 0.6 is 0 Å². The summed E-state index contributed by atoms with van der Waals surface area (Å²) in [7, 11) is 0. The molecule has 26 heavy (non-hydrogen) atoms. The molecule has 0 heterocycles. The summed E-state index contributed by atoms with van der Waals surface area (Å²) in [5.41, 5.74) is 8.06.